The number of aliphatic hydroxyl groups is 3. The van der Waals surface area contributed by atoms with E-state index in [0.717, 1.165) is 12.0 Å². The summed E-state index contributed by atoms with van der Waals surface area (Å²) in [6, 6.07) is -1.18. The molecule has 0 radical (unpaired) electrons. The predicted octanol–water partition coefficient (Wildman–Crippen LogP) is 6.22. The second-order valence-corrected chi connectivity index (χ2v) is 21.7. The molecule has 0 spiro atoms. The fraction of sp³-hybridized carbons (Fsp3) is 0.754. The zero-order chi connectivity index (χ0) is 54.7. The number of esters is 1. The van der Waals surface area contributed by atoms with Crippen molar-refractivity contribution in [2.24, 2.45) is 41.2 Å². The third kappa shape index (κ3) is 18.1. The minimum absolute atomic E-state index is 0.0215. The number of hydrogen-bond donors (Lipinski definition) is 4. The van der Waals surface area contributed by atoms with Crippen LogP contribution >= 0.6 is 0 Å². The molecule has 17 heteroatoms. The monoisotopic (exact) mass is 1040 g/mol. The molecule has 1 saturated carbocycles. The molecule has 3 heterocycles. The van der Waals surface area contributed by atoms with Gasteiger partial charge in [0.15, 0.2) is 5.78 Å². The van der Waals surface area contributed by atoms with Gasteiger partial charge in [0.1, 0.15) is 30.1 Å². The van der Waals surface area contributed by atoms with Crippen LogP contribution in [0.3, 0.4) is 0 Å². The van der Waals surface area contributed by atoms with E-state index in [4.69, 9.17) is 34.2 Å². The van der Waals surface area contributed by atoms with Gasteiger partial charge in [0.05, 0.1) is 37.6 Å². The number of carbonyl (C=O) groups excluding carboxylic acids is 6. The van der Waals surface area contributed by atoms with Crippen molar-refractivity contribution in [1.29, 1.82) is 0 Å². The average Bonchev–Trinajstić information content (AvgIpc) is 3.37. The van der Waals surface area contributed by atoms with Gasteiger partial charge in [-0.15, -0.1) is 0 Å². The molecule has 0 aromatic carbocycles. The molecule has 3 fully saturated rings. The highest BCUT2D eigenvalue weighted by molar-refractivity contribution is 6.39. The lowest BCUT2D eigenvalue weighted by atomic mass is 9.78. The molecule has 15 atom stereocenters. The van der Waals surface area contributed by atoms with Crippen LogP contribution in [0, 0.1) is 35.5 Å². The predicted molar refractivity (Wildman–Crippen MR) is 278 cm³/mol. The number of cyclic esters (lactones) is 1. The summed E-state index contributed by atoms with van der Waals surface area (Å²) < 4.78 is 36.2. The number of unbranched alkanes of at least 4 members (excludes halogenated alkanes) is 1. The maximum Gasteiger partial charge on any atom is 0.329 e. The Kier molecular flexibility index (Phi) is 26.0. The number of fused-ring (bicyclic) bond motifs is 3. The first-order chi connectivity index (χ1) is 35.1. The summed E-state index contributed by atoms with van der Waals surface area (Å²) in [4.78, 5) is 84.1. The van der Waals surface area contributed by atoms with E-state index >= 15 is 0 Å². The number of hydrogen-bond acceptors (Lipinski definition) is 15. The topological polar surface area (TPSA) is 248 Å². The second kappa shape index (κ2) is 30.7. The fourth-order valence-corrected chi connectivity index (χ4v) is 11.0. The molecule has 5 N–H and O–H groups in total. The number of ketones is 3. The summed E-state index contributed by atoms with van der Waals surface area (Å²) in [6.07, 6.45) is 12.6. The molecule has 0 aromatic rings. The highest BCUT2D eigenvalue weighted by atomic mass is 16.6. The highest BCUT2D eigenvalue weighted by Gasteiger charge is 2.53. The van der Waals surface area contributed by atoms with E-state index < -0.39 is 83.7 Å². The quantitative estimate of drug-likeness (QED) is 0.0653. The molecule has 2 saturated heterocycles. The van der Waals surface area contributed by atoms with E-state index in [-0.39, 0.29) is 87.0 Å². The van der Waals surface area contributed by atoms with Gasteiger partial charge in [-0.2, -0.15) is 0 Å². The molecule has 2 amide bonds. The Morgan fingerprint density at radius 2 is 1.62 bits per heavy atom. The molecule has 4 rings (SSSR count). The van der Waals surface area contributed by atoms with Crippen molar-refractivity contribution in [2.45, 2.75) is 199 Å². The molecule has 0 aromatic heterocycles. The molecule has 3 aliphatic heterocycles. The zero-order valence-corrected chi connectivity index (χ0v) is 45.7. The molecule has 0 unspecified atom stereocenters. The molecule has 74 heavy (non-hydrogen) atoms. The fourth-order valence-electron chi connectivity index (χ4n) is 11.0. The minimum Gasteiger partial charge on any atom is -0.460 e. The summed E-state index contributed by atoms with van der Waals surface area (Å²) in [5.41, 5.74) is 6.56. The summed E-state index contributed by atoms with van der Waals surface area (Å²) in [7, 11) is 2.99. The van der Waals surface area contributed by atoms with Crippen LogP contribution < -0.4 is 5.73 Å². The number of ether oxygens (including phenoxy) is 6. The second-order valence-electron chi connectivity index (χ2n) is 21.7. The van der Waals surface area contributed by atoms with Crippen LogP contribution in [0.4, 0.5) is 0 Å². The van der Waals surface area contributed by atoms with Crippen molar-refractivity contribution in [3.05, 3.63) is 47.6 Å². The van der Waals surface area contributed by atoms with E-state index in [9.17, 15) is 44.1 Å². The Bertz CT molecular complexity index is 1980. The first-order valence-electron chi connectivity index (χ1n) is 27.2. The number of nitrogens with two attached hydrogens (primary N) is 1. The lowest BCUT2D eigenvalue weighted by Crippen LogP contribution is -2.61. The molecular weight excluding hydrogens is 953 g/mol. The van der Waals surface area contributed by atoms with Gasteiger partial charge >= 0.3 is 5.97 Å². The maximum atomic E-state index is 14.6. The number of Topliss-reactive ketones (excluding diaryl/α,β-unsaturated/α-hetero) is 3. The summed E-state index contributed by atoms with van der Waals surface area (Å²) >= 11 is 0. The van der Waals surface area contributed by atoms with Gasteiger partial charge in [0.25, 0.3) is 11.7 Å². The number of methoxy groups -OCH3 is 2. The minimum atomic E-state index is -2.50. The number of amides is 2. The van der Waals surface area contributed by atoms with Crippen LogP contribution in [0.1, 0.15) is 145 Å². The van der Waals surface area contributed by atoms with Crippen LogP contribution in [0.5, 0.6) is 0 Å². The number of allylic oxidation sites excluding steroid dienone is 6. The Labute approximate surface area is 440 Å². The van der Waals surface area contributed by atoms with Crippen molar-refractivity contribution >= 4 is 35.1 Å². The van der Waals surface area contributed by atoms with Gasteiger partial charge in [-0.1, -0.05) is 71.1 Å². The molecule has 1 aliphatic carbocycles. The van der Waals surface area contributed by atoms with Crippen molar-refractivity contribution in [3.8, 4) is 0 Å². The number of nitrogens with zero attached hydrogens (tertiary/aromatic N) is 1. The van der Waals surface area contributed by atoms with Crippen LogP contribution in [0.25, 0.3) is 0 Å². The van der Waals surface area contributed by atoms with Crippen molar-refractivity contribution in [1.82, 2.24) is 4.90 Å². The van der Waals surface area contributed by atoms with Gasteiger partial charge < -0.3 is 54.4 Å². The number of piperidine rings is 1. The van der Waals surface area contributed by atoms with Gasteiger partial charge in [-0.3, -0.25) is 24.0 Å². The van der Waals surface area contributed by atoms with Gasteiger partial charge in [0.2, 0.25) is 11.7 Å². The van der Waals surface area contributed by atoms with Crippen LogP contribution in [0.2, 0.25) is 0 Å². The first kappa shape index (κ1) is 62.6. The maximum absolute atomic E-state index is 14.6. The normalized spacial score (nSPS) is 36.9. The van der Waals surface area contributed by atoms with Gasteiger partial charge in [-0.05, 0) is 120 Å². The zero-order valence-electron chi connectivity index (χ0n) is 45.7. The molecule has 4 aliphatic rings. The van der Waals surface area contributed by atoms with E-state index in [0.29, 0.717) is 76.4 Å². The SMILES string of the molecule is CO[C@@H]1C[C@H](C[C@@H](C)[C@@H]2CC(=O)[C@H](C)/C=C(\C)[C@@H](O)[C@@H](OC)C(=O)[C@H](C)C[C@H](C)/C=C/C=C/C=C(\C)[C@H](OCCCCC(N)=O)C[C@@H]3CC[C@@H](C)[C@@](O)(O3)C(=O)C(=O)N3CCCC[C@H]3C(=O)O2)CC[C@H]1OCCO. The summed E-state index contributed by atoms with van der Waals surface area (Å²) in [5.74, 6) is -8.71. The lowest BCUT2D eigenvalue weighted by Gasteiger charge is -2.43. The summed E-state index contributed by atoms with van der Waals surface area (Å²) in [6.45, 7) is 13.1. The smallest absolute Gasteiger partial charge is 0.329 e. The molecule has 418 valence electrons. The van der Waals surface area contributed by atoms with Crippen LogP contribution in [-0.4, -0.2) is 150 Å². The first-order valence-corrected chi connectivity index (χ1v) is 27.2. The van der Waals surface area contributed by atoms with Crippen LogP contribution in [0.15, 0.2) is 47.6 Å². The van der Waals surface area contributed by atoms with Crippen molar-refractivity contribution in [2.75, 3.05) is 40.6 Å². The standard InChI is InChI=1S/C57H90N2O15/c1-35-17-11-10-12-18-36(2)47(71-27-16-14-20-50(58)62)33-43-23-21-41(7)57(68,74-43)54(65)55(66)59-25-15-13-19-44(59)56(67)73-48(38(4)31-42-22-24-46(72-28-26-60)49(32-42)69-8)34-45(61)37(3)30-40(6)52(64)53(70-9)51(63)39(5)29-35/h10-12,17-18,30,35,37-39,41-44,46-49,52-53,60,64,68H,13-16,19-29,31-34H2,1-9H3,(H2,58,62)/b12-10+,17-11+,36-18+,40-30+/t35-,37-,38-,39-,41-,42+,43+,44+,46-,47-,48+,49-,52-,53+,57-/m1/s1. The average molecular weight is 1040 g/mol. The lowest BCUT2D eigenvalue weighted by molar-refractivity contribution is -0.266. The Morgan fingerprint density at radius 3 is 2.31 bits per heavy atom. The third-order valence-electron chi connectivity index (χ3n) is 15.7. The Morgan fingerprint density at radius 1 is 0.878 bits per heavy atom. The third-order valence-corrected chi connectivity index (χ3v) is 15.7. The van der Waals surface area contributed by atoms with E-state index in [1.807, 2.05) is 51.2 Å². The molecular formula is C57H90N2O15. The largest absolute Gasteiger partial charge is 0.460 e. The van der Waals surface area contributed by atoms with Crippen LogP contribution in [-0.2, 0) is 57.2 Å². The molecule has 17 nitrogen and oxygen atoms in total. The van der Waals surface area contributed by atoms with E-state index in [2.05, 4.69) is 0 Å². The van der Waals surface area contributed by atoms with Crippen molar-refractivity contribution in [3.63, 3.8) is 0 Å². The number of rotatable bonds is 14. The number of carbonyl (C=O) groups is 6. The van der Waals surface area contributed by atoms with Gasteiger partial charge in [-0.25, -0.2) is 4.79 Å². The molecule has 2 bridgehead atoms. The van der Waals surface area contributed by atoms with Gasteiger partial charge in [0, 0.05) is 64.4 Å². The summed E-state index contributed by atoms with van der Waals surface area (Å²) in [5, 5.41) is 33.1. The van der Waals surface area contributed by atoms with E-state index in [1.165, 1.54) is 12.0 Å². The Balaban J connectivity index is 1.71. The number of primary amides is 1. The van der Waals surface area contributed by atoms with E-state index in [1.54, 1.807) is 40.9 Å². The number of aliphatic hydroxyl groups excluding tert-OH is 2. The Hall–Kier alpha value is -3.94. The highest BCUT2D eigenvalue weighted by Crippen LogP contribution is 2.38. The van der Waals surface area contributed by atoms with Crippen molar-refractivity contribution < 1.29 is 72.5 Å².